The molecule has 0 heterocycles. The average Bonchev–Trinajstić information content (AvgIpc) is 2.65. The average molecular weight is 342 g/mol. The number of nitrogens with zero attached hydrogens (tertiary/aromatic N) is 1. The molecule has 2 N–H and O–H groups in total. The lowest BCUT2D eigenvalue weighted by Gasteiger charge is -2.13. The number of benzene rings is 2. The van der Waals surface area contributed by atoms with Crippen molar-refractivity contribution < 1.29 is 14.7 Å². The van der Waals surface area contributed by atoms with E-state index in [2.05, 4.69) is 31.0 Å². The zero-order valence-electron chi connectivity index (χ0n) is 15.0. The van der Waals surface area contributed by atoms with Crippen molar-refractivity contribution in [2.45, 2.75) is 20.8 Å². The highest BCUT2D eigenvalue weighted by Gasteiger charge is 2.06. The summed E-state index contributed by atoms with van der Waals surface area (Å²) in [7, 11) is 0. The maximum Gasteiger partial charge on any atom is 0.335 e. The molecule has 2 aromatic rings. The van der Waals surface area contributed by atoms with E-state index in [0.29, 0.717) is 11.3 Å². The third kappa shape index (κ3) is 7.18. The van der Waals surface area contributed by atoms with E-state index in [1.807, 2.05) is 6.07 Å². The first-order chi connectivity index (χ1) is 12.0. The van der Waals surface area contributed by atoms with Crippen LogP contribution in [-0.4, -0.2) is 41.5 Å². The van der Waals surface area contributed by atoms with Crippen molar-refractivity contribution in [2.24, 2.45) is 0 Å². The second-order valence-corrected chi connectivity index (χ2v) is 5.32. The van der Waals surface area contributed by atoms with Crippen molar-refractivity contribution in [2.75, 3.05) is 25.0 Å². The third-order valence-electron chi connectivity index (χ3n) is 3.77. The molecular formula is C20H26N2O3. The summed E-state index contributed by atoms with van der Waals surface area (Å²) in [5, 5.41) is 11.4. The van der Waals surface area contributed by atoms with Gasteiger partial charge in [-0.2, -0.15) is 0 Å². The minimum Gasteiger partial charge on any atom is -0.478 e. The van der Waals surface area contributed by atoms with Gasteiger partial charge in [0.1, 0.15) is 0 Å². The highest BCUT2D eigenvalue weighted by molar-refractivity contribution is 6.04. The topological polar surface area (TPSA) is 69.6 Å². The zero-order chi connectivity index (χ0) is 18.7. The summed E-state index contributed by atoms with van der Waals surface area (Å²) in [6.07, 6.45) is 0. The number of hydrogen-bond donors (Lipinski definition) is 2. The Kier molecular flexibility index (Phi) is 8.96. The number of carboxylic acid groups (broad SMARTS) is 1. The molecule has 0 saturated carbocycles. The van der Waals surface area contributed by atoms with Crippen LogP contribution in [-0.2, 0) is 0 Å². The first-order valence-corrected chi connectivity index (χ1v) is 8.43. The second-order valence-electron chi connectivity index (χ2n) is 5.32. The molecule has 2 aromatic carbocycles. The number of aromatic carboxylic acids is 1. The van der Waals surface area contributed by atoms with Gasteiger partial charge in [-0.1, -0.05) is 39.0 Å². The molecule has 0 atom stereocenters. The van der Waals surface area contributed by atoms with Crippen molar-refractivity contribution in [1.82, 2.24) is 4.90 Å². The highest BCUT2D eigenvalue weighted by atomic mass is 16.4. The fourth-order valence-electron chi connectivity index (χ4n) is 2.16. The van der Waals surface area contributed by atoms with Crippen LogP contribution in [0.3, 0.4) is 0 Å². The van der Waals surface area contributed by atoms with Gasteiger partial charge in [-0.25, -0.2) is 4.79 Å². The van der Waals surface area contributed by atoms with E-state index >= 15 is 0 Å². The number of carboxylic acids is 1. The molecule has 25 heavy (non-hydrogen) atoms. The molecule has 0 unspecified atom stereocenters. The minimum absolute atomic E-state index is 0.188. The van der Waals surface area contributed by atoms with Crippen LogP contribution in [0.25, 0.3) is 0 Å². The largest absolute Gasteiger partial charge is 0.478 e. The van der Waals surface area contributed by atoms with E-state index in [1.54, 1.807) is 36.4 Å². The van der Waals surface area contributed by atoms with Crippen LogP contribution in [0.2, 0.25) is 0 Å². The first-order valence-electron chi connectivity index (χ1n) is 8.43. The molecule has 134 valence electrons. The summed E-state index contributed by atoms with van der Waals surface area (Å²) in [6, 6.07) is 14.8. The van der Waals surface area contributed by atoms with Crippen molar-refractivity contribution in [1.29, 1.82) is 0 Å². The lowest BCUT2D eigenvalue weighted by Crippen LogP contribution is -2.21. The van der Waals surface area contributed by atoms with Gasteiger partial charge in [0.2, 0.25) is 0 Å². The molecule has 0 aliphatic heterocycles. The summed E-state index contributed by atoms with van der Waals surface area (Å²) >= 11 is 0. The van der Waals surface area contributed by atoms with Gasteiger partial charge in [0.15, 0.2) is 0 Å². The quantitative estimate of drug-likeness (QED) is 0.833. The van der Waals surface area contributed by atoms with E-state index in [-0.39, 0.29) is 11.5 Å². The lowest BCUT2D eigenvalue weighted by atomic mass is 10.2. The van der Waals surface area contributed by atoms with Gasteiger partial charge in [0.05, 0.1) is 5.56 Å². The smallest absolute Gasteiger partial charge is 0.335 e. The fraction of sp³-hybridized carbons (Fsp3) is 0.300. The molecule has 0 spiro atoms. The fourth-order valence-corrected chi connectivity index (χ4v) is 2.16. The molecule has 1 amide bonds. The Bertz CT molecular complexity index is 645. The van der Waals surface area contributed by atoms with Crippen LogP contribution < -0.4 is 5.32 Å². The Labute approximate surface area is 149 Å². The molecule has 0 aliphatic carbocycles. The van der Waals surface area contributed by atoms with Crippen LogP contribution in [0, 0.1) is 0 Å². The molecule has 0 saturated heterocycles. The Hall–Kier alpha value is -2.66. The van der Waals surface area contributed by atoms with Gasteiger partial charge in [-0.15, -0.1) is 0 Å². The number of nitrogens with one attached hydrogen (secondary N) is 1. The Balaban J connectivity index is 0.000000381. The molecule has 0 aliphatic rings. The molecule has 2 rings (SSSR count). The molecule has 0 fully saturated rings. The number of rotatable bonds is 6. The Morgan fingerprint density at radius 1 is 0.840 bits per heavy atom. The molecule has 0 radical (unpaired) electrons. The van der Waals surface area contributed by atoms with Gasteiger partial charge < -0.3 is 15.3 Å². The van der Waals surface area contributed by atoms with Crippen molar-refractivity contribution in [3.63, 3.8) is 0 Å². The van der Waals surface area contributed by atoms with Crippen LogP contribution in [0.1, 0.15) is 41.5 Å². The summed E-state index contributed by atoms with van der Waals surface area (Å²) < 4.78 is 0. The van der Waals surface area contributed by atoms with Gasteiger partial charge in [0, 0.05) is 11.3 Å². The number of anilines is 1. The molecule has 5 heteroatoms. The van der Waals surface area contributed by atoms with Crippen LogP contribution in [0.4, 0.5) is 5.69 Å². The van der Waals surface area contributed by atoms with E-state index < -0.39 is 5.97 Å². The molecule has 0 bridgehead atoms. The van der Waals surface area contributed by atoms with Gasteiger partial charge in [-0.05, 0) is 56.0 Å². The molecular weight excluding hydrogens is 316 g/mol. The first kappa shape index (κ1) is 20.4. The van der Waals surface area contributed by atoms with Crippen molar-refractivity contribution in [3.05, 3.63) is 65.7 Å². The van der Waals surface area contributed by atoms with Gasteiger partial charge in [-0.3, -0.25) is 4.79 Å². The predicted molar refractivity (Wildman–Crippen MR) is 101 cm³/mol. The maximum atomic E-state index is 11.8. The lowest BCUT2D eigenvalue weighted by molar-refractivity contribution is 0.0696. The Morgan fingerprint density at radius 3 is 1.76 bits per heavy atom. The van der Waals surface area contributed by atoms with Crippen LogP contribution >= 0.6 is 0 Å². The number of hydrogen-bond acceptors (Lipinski definition) is 3. The number of carbonyl (C=O) groups is 2. The summed E-state index contributed by atoms with van der Waals surface area (Å²) in [5.74, 6) is -1.21. The van der Waals surface area contributed by atoms with Crippen molar-refractivity contribution >= 4 is 17.6 Å². The Morgan fingerprint density at radius 2 is 1.36 bits per heavy atom. The highest BCUT2D eigenvalue weighted by Crippen LogP contribution is 2.11. The third-order valence-corrected chi connectivity index (χ3v) is 3.77. The molecule has 5 nitrogen and oxygen atoms in total. The van der Waals surface area contributed by atoms with E-state index in [0.717, 1.165) is 0 Å². The van der Waals surface area contributed by atoms with E-state index in [9.17, 15) is 9.59 Å². The number of amides is 1. The minimum atomic E-state index is -0.990. The van der Waals surface area contributed by atoms with E-state index in [1.165, 1.54) is 31.8 Å². The summed E-state index contributed by atoms with van der Waals surface area (Å²) in [5.41, 5.74) is 1.31. The van der Waals surface area contributed by atoms with Crippen LogP contribution in [0.5, 0.6) is 0 Å². The van der Waals surface area contributed by atoms with Gasteiger partial charge >= 0.3 is 5.97 Å². The SMILES string of the molecule is CCN(CC)CC.O=C(O)c1ccc(NC(=O)c2ccccc2)cc1. The standard InChI is InChI=1S/C14H11NO3.C6H15N/c16-13(10-4-2-1-3-5-10)15-12-8-6-11(7-9-12)14(17)18;1-4-7(5-2)6-3/h1-9H,(H,15,16)(H,17,18);4-6H2,1-3H3. The maximum absolute atomic E-state index is 11.8. The molecule has 0 aromatic heterocycles. The van der Waals surface area contributed by atoms with Crippen LogP contribution in [0.15, 0.2) is 54.6 Å². The van der Waals surface area contributed by atoms with E-state index in [4.69, 9.17) is 5.11 Å². The summed E-state index contributed by atoms with van der Waals surface area (Å²) in [6.45, 7) is 10.1. The second kappa shape index (κ2) is 11.0. The summed E-state index contributed by atoms with van der Waals surface area (Å²) in [4.78, 5) is 24.8. The number of carbonyl (C=O) groups excluding carboxylic acids is 1. The zero-order valence-corrected chi connectivity index (χ0v) is 15.0. The van der Waals surface area contributed by atoms with Crippen molar-refractivity contribution in [3.8, 4) is 0 Å². The monoisotopic (exact) mass is 342 g/mol. The van der Waals surface area contributed by atoms with Gasteiger partial charge in [0.25, 0.3) is 5.91 Å². The predicted octanol–water partition coefficient (Wildman–Crippen LogP) is 3.99. The normalized spacial score (nSPS) is 9.92.